The zero-order valence-corrected chi connectivity index (χ0v) is 17.2. The summed E-state index contributed by atoms with van der Waals surface area (Å²) in [6.45, 7) is 4.46. The van der Waals surface area contributed by atoms with Gasteiger partial charge >= 0.3 is 0 Å². The Morgan fingerprint density at radius 3 is 2.53 bits per heavy atom. The van der Waals surface area contributed by atoms with Crippen LogP contribution in [0.25, 0.3) is 17.4 Å². The number of nitrogens with two attached hydrogens (primary N) is 1. The number of rotatable bonds is 6. The minimum atomic E-state index is -0.556. The van der Waals surface area contributed by atoms with Crippen molar-refractivity contribution in [1.29, 1.82) is 0 Å². The van der Waals surface area contributed by atoms with Gasteiger partial charge in [0, 0.05) is 57.1 Å². The second-order valence-corrected chi connectivity index (χ2v) is 7.57. The van der Waals surface area contributed by atoms with Crippen LogP contribution in [0.4, 0.5) is 26.1 Å². The van der Waals surface area contributed by atoms with Gasteiger partial charge in [-0.05, 0) is 24.3 Å². The number of furan rings is 1. The van der Waals surface area contributed by atoms with E-state index in [1.54, 1.807) is 24.5 Å². The van der Waals surface area contributed by atoms with Crippen molar-refractivity contribution in [2.75, 3.05) is 55.2 Å². The van der Waals surface area contributed by atoms with Gasteiger partial charge in [0.05, 0.1) is 6.26 Å². The molecule has 0 spiro atoms. The Bertz CT molecular complexity index is 1200. The minimum absolute atomic E-state index is 0.384. The van der Waals surface area contributed by atoms with Gasteiger partial charge < -0.3 is 20.4 Å². The molecular formula is C21H22F2N8O. The molecule has 0 radical (unpaired) electrons. The summed E-state index contributed by atoms with van der Waals surface area (Å²) in [4.78, 5) is 13.1. The standard InChI is InChI=1S/C21H22F2N8O/c22-14-10-15(23)12-16(11-14)30-7-5-29(6-8-30)4-3-25-19-13-18(24)31-21(26-19)27-20(28-31)17-2-1-9-32-17/h1-2,9-13H,3-8,24H2,(H,25,26,27,28). The van der Waals surface area contributed by atoms with Gasteiger partial charge in [0.2, 0.25) is 5.82 Å². The summed E-state index contributed by atoms with van der Waals surface area (Å²) in [5.74, 6) is 1.27. The fourth-order valence-corrected chi connectivity index (χ4v) is 3.79. The normalized spacial score (nSPS) is 14.9. The van der Waals surface area contributed by atoms with Gasteiger partial charge in [-0.2, -0.15) is 14.5 Å². The van der Waals surface area contributed by atoms with Gasteiger partial charge in [0.25, 0.3) is 5.78 Å². The second kappa shape index (κ2) is 8.42. The molecule has 0 unspecified atom stereocenters. The number of benzene rings is 1. The fourth-order valence-electron chi connectivity index (χ4n) is 3.79. The minimum Gasteiger partial charge on any atom is -0.461 e. The van der Waals surface area contributed by atoms with Crippen LogP contribution in [0.3, 0.4) is 0 Å². The van der Waals surface area contributed by atoms with E-state index in [0.29, 0.717) is 54.3 Å². The van der Waals surface area contributed by atoms with Crippen molar-refractivity contribution in [3.05, 3.63) is 54.3 Å². The number of hydrogen-bond donors (Lipinski definition) is 2. The summed E-state index contributed by atoms with van der Waals surface area (Å²) < 4.78 is 33.7. The molecule has 32 heavy (non-hydrogen) atoms. The summed E-state index contributed by atoms with van der Waals surface area (Å²) in [6, 6.07) is 8.88. The first kappa shape index (κ1) is 20.2. The molecule has 166 valence electrons. The molecule has 0 atom stereocenters. The fraction of sp³-hybridized carbons (Fsp3) is 0.286. The van der Waals surface area contributed by atoms with Crippen molar-refractivity contribution in [2.45, 2.75) is 0 Å². The molecule has 11 heteroatoms. The molecule has 5 rings (SSSR count). The lowest BCUT2D eigenvalue weighted by Gasteiger charge is -2.36. The van der Waals surface area contributed by atoms with Gasteiger partial charge in [-0.15, -0.1) is 5.10 Å². The van der Waals surface area contributed by atoms with Crippen LogP contribution in [-0.2, 0) is 0 Å². The molecule has 0 aliphatic carbocycles. The van der Waals surface area contributed by atoms with E-state index in [9.17, 15) is 8.78 Å². The van der Waals surface area contributed by atoms with E-state index in [0.717, 1.165) is 25.7 Å². The van der Waals surface area contributed by atoms with Crippen LogP contribution in [0.2, 0.25) is 0 Å². The lowest BCUT2D eigenvalue weighted by atomic mass is 10.2. The van der Waals surface area contributed by atoms with Crippen molar-refractivity contribution in [2.24, 2.45) is 0 Å². The first-order valence-corrected chi connectivity index (χ1v) is 10.3. The highest BCUT2D eigenvalue weighted by atomic mass is 19.1. The van der Waals surface area contributed by atoms with Crippen molar-refractivity contribution in [3.63, 3.8) is 0 Å². The van der Waals surface area contributed by atoms with E-state index < -0.39 is 11.6 Å². The number of hydrogen-bond acceptors (Lipinski definition) is 8. The zero-order valence-electron chi connectivity index (χ0n) is 17.2. The summed E-state index contributed by atoms with van der Waals surface area (Å²) in [5, 5.41) is 7.61. The van der Waals surface area contributed by atoms with Crippen molar-refractivity contribution in [3.8, 4) is 11.6 Å². The molecule has 1 aliphatic heterocycles. The van der Waals surface area contributed by atoms with Gasteiger partial charge in [-0.1, -0.05) is 0 Å². The maximum atomic E-state index is 13.5. The summed E-state index contributed by atoms with van der Waals surface area (Å²) >= 11 is 0. The lowest BCUT2D eigenvalue weighted by molar-refractivity contribution is 0.267. The smallest absolute Gasteiger partial charge is 0.256 e. The first-order valence-electron chi connectivity index (χ1n) is 10.3. The Morgan fingerprint density at radius 1 is 1.03 bits per heavy atom. The van der Waals surface area contributed by atoms with E-state index >= 15 is 0 Å². The molecule has 0 amide bonds. The lowest BCUT2D eigenvalue weighted by Crippen LogP contribution is -2.47. The van der Waals surface area contributed by atoms with E-state index in [2.05, 4.69) is 25.3 Å². The predicted octanol–water partition coefficient (Wildman–Crippen LogP) is 2.48. The quantitative estimate of drug-likeness (QED) is 0.472. The van der Waals surface area contributed by atoms with Crippen molar-refractivity contribution in [1.82, 2.24) is 24.5 Å². The number of nitrogen functional groups attached to an aromatic ring is 1. The van der Waals surface area contributed by atoms with Gasteiger partial charge in [-0.3, -0.25) is 4.90 Å². The second-order valence-electron chi connectivity index (χ2n) is 7.57. The maximum Gasteiger partial charge on any atom is 0.256 e. The van der Waals surface area contributed by atoms with E-state index in [-0.39, 0.29) is 0 Å². The summed E-state index contributed by atoms with van der Waals surface area (Å²) in [5.41, 5.74) is 6.69. The van der Waals surface area contributed by atoms with Crippen LogP contribution in [0.15, 0.2) is 47.1 Å². The summed E-state index contributed by atoms with van der Waals surface area (Å²) in [7, 11) is 0. The van der Waals surface area contributed by atoms with Gasteiger partial charge in [-0.25, -0.2) is 8.78 Å². The number of anilines is 3. The average Bonchev–Trinajstić information content (AvgIpc) is 3.44. The van der Waals surface area contributed by atoms with E-state index in [1.165, 1.54) is 16.6 Å². The third-order valence-electron chi connectivity index (χ3n) is 5.40. The molecule has 1 aromatic carbocycles. The Balaban J connectivity index is 1.16. The van der Waals surface area contributed by atoms with E-state index in [1.807, 2.05) is 4.90 Å². The Hall–Kier alpha value is -3.73. The van der Waals surface area contributed by atoms with Crippen LogP contribution in [0, 0.1) is 11.6 Å². The third kappa shape index (κ3) is 4.19. The largest absolute Gasteiger partial charge is 0.461 e. The van der Waals surface area contributed by atoms with E-state index in [4.69, 9.17) is 10.2 Å². The Morgan fingerprint density at radius 2 is 1.81 bits per heavy atom. The SMILES string of the molecule is Nc1cc(NCCN2CCN(c3cc(F)cc(F)c3)CC2)nc2nc(-c3ccco3)nn12. The third-order valence-corrected chi connectivity index (χ3v) is 5.40. The zero-order chi connectivity index (χ0) is 22.1. The number of nitrogens with zero attached hydrogens (tertiary/aromatic N) is 6. The average molecular weight is 440 g/mol. The topological polar surface area (TPSA) is 101 Å². The molecule has 0 bridgehead atoms. The van der Waals surface area contributed by atoms with Crippen LogP contribution >= 0.6 is 0 Å². The molecule has 9 nitrogen and oxygen atoms in total. The van der Waals surface area contributed by atoms with Crippen LogP contribution in [0.1, 0.15) is 0 Å². The van der Waals surface area contributed by atoms with Gasteiger partial charge in [0.15, 0.2) is 5.76 Å². The van der Waals surface area contributed by atoms with Crippen LogP contribution in [0.5, 0.6) is 0 Å². The number of nitrogens with one attached hydrogen (secondary N) is 1. The highest BCUT2D eigenvalue weighted by Crippen LogP contribution is 2.21. The number of halogens is 2. The Labute approximate surface area is 182 Å². The molecule has 4 heterocycles. The molecule has 3 N–H and O–H groups in total. The first-order chi connectivity index (χ1) is 15.5. The Kier molecular flexibility index (Phi) is 5.31. The van der Waals surface area contributed by atoms with Gasteiger partial charge in [0.1, 0.15) is 23.3 Å². The van der Waals surface area contributed by atoms with Crippen molar-refractivity contribution < 1.29 is 13.2 Å². The highest BCUT2D eigenvalue weighted by molar-refractivity contribution is 5.56. The highest BCUT2D eigenvalue weighted by Gasteiger charge is 2.18. The summed E-state index contributed by atoms with van der Waals surface area (Å²) in [6.07, 6.45) is 1.56. The number of piperazine rings is 1. The predicted molar refractivity (Wildman–Crippen MR) is 116 cm³/mol. The molecular weight excluding hydrogens is 418 g/mol. The monoisotopic (exact) mass is 440 g/mol. The molecule has 1 aliphatic rings. The molecule has 4 aromatic rings. The maximum absolute atomic E-state index is 13.5. The molecule has 3 aromatic heterocycles. The van der Waals surface area contributed by atoms with Crippen molar-refractivity contribution >= 4 is 23.1 Å². The molecule has 1 fully saturated rings. The molecule has 0 saturated carbocycles. The van der Waals surface area contributed by atoms with Crippen LogP contribution < -0.4 is 16.0 Å². The number of aromatic nitrogens is 4. The number of fused-ring (bicyclic) bond motifs is 1. The van der Waals surface area contributed by atoms with Crippen LogP contribution in [-0.4, -0.2) is 63.8 Å². The molecule has 1 saturated heterocycles.